The summed E-state index contributed by atoms with van der Waals surface area (Å²) in [4.78, 5) is 0. The summed E-state index contributed by atoms with van der Waals surface area (Å²) in [5.41, 5.74) is 0.958. The Hall–Kier alpha value is -0.0200. The molecule has 0 heterocycles. The topological polar surface area (TPSA) is 20.2 Å². The molecule has 1 nitrogen and oxygen atoms in total. The van der Waals surface area contributed by atoms with Crippen molar-refractivity contribution in [3.8, 4) is 5.75 Å². The highest BCUT2D eigenvalue weighted by Gasteiger charge is 2.05. The average Bonchev–Trinajstić information content (AvgIpc) is 2.01. The number of aromatic hydroxyl groups is 1. The first kappa shape index (κ1) is 9.07. The van der Waals surface area contributed by atoms with Crippen molar-refractivity contribution in [3.05, 3.63) is 26.6 Å². The molecule has 0 bridgehead atoms. The molecule has 0 saturated carbocycles. The van der Waals surface area contributed by atoms with Gasteiger partial charge in [0.15, 0.2) is 0 Å². The Morgan fingerprint density at radius 1 is 1.36 bits per heavy atom. The fourth-order valence-electron chi connectivity index (χ4n) is 0.865. The first-order valence-electron chi connectivity index (χ1n) is 3.32. The molecule has 0 aliphatic heterocycles. The fourth-order valence-corrected chi connectivity index (χ4v) is 1.57. The van der Waals surface area contributed by atoms with Crippen molar-refractivity contribution in [2.24, 2.45) is 0 Å². The van der Waals surface area contributed by atoms with E-state index >= 15 is 0 Å². The van der Waals surface area contributed by atoms with Crippen LogP contribution in [0.5, 0.6) is 5.75 Å². The Kier molecular flexibility index (Phi) is 2.96. The lowest BCUT2D eigenvalue weighted by molar-refractivity contribution is 0.465. The molecule has 0 aromatic heterocycles. The Balaban J connectivity index is 3.25. The number of hydrogen-bond acceptors (Lipinski definition) is 1. The SMILES string of the molecule is CCc1ccc(Br)c(Br)c1O. The lowest BCUT2D eigenvalue weighted by atomic mass is 10.1. The van der Waals surface area contributed by atoms with Crippen LogP contribution in [-0.4, -0.2) is 5.11 Å². The van der Waals surface area contributed by atoms with Crippen LogP contribution in [0.4, 0.5) is 0 Å². The maximum absolute atomic E-state index is 9.50. The van der Waals surface area contributed by atoms with Crippen molar-refractivity contribution < 1.29 is 5.11 Å². The zero-order valence-corrected chi connectivity index (χ0v) is 9.24. The molecule has 0 spiro atoms. The monoisotopic (exact) mass is 278 g/mol. The molecule has 3 heteroatoms. The van der Waals surface area contributed by atoms with Crippen LogP contribution in [0, 0.1) is 0 Å². The Morgan fingerprint density at radius 3 is 2.55 bits per heavy atom. The lowest BCUT2D eigenvalue weighted by Crippen LogP contribution is -1.82. The predicted molar refractivity (Wildman–Crippen MR) is 52.9 cm³/mol. The van der Waals surface area contributed by atoms with E-state index in [0.29, 0.717) is 5.75 Å². The van der Waals surface area contributed by atoms with E-state index in [-0.39, 0.29) is 0 Å². The first-order valence-corrected chi connectivity index (χ1v) is 4.91. The van der Waals surface area contributed by atoms with Crippen LogP contribution in [-0.2, 0) is 6.42 Å². The Morgan fingerprint density at radius 2 is 2.00 bits per heavy atom. The normalized spacial score (nSPS) is 10.1. The van der Waals surface area contributed by atoms with E-state index in [1.54, 1.807) is 0 Å². The van der Waals surface area contributed by atoms with E-state index in [4.69, 9.17) is 0 Å². The third-order valence-electron chi connectivity index (χ3n) is 1.53. The summed E-state index contributed by atoms with van der Waals surface area (Å²) in [6.45, 7) is 2.01. The van der Waals surface area contributed by atoms with Gasteiger partial charge >= 0.3 is 0 Å². The molecule has 11 heavy (non-hydrogen) atoms. The molecule has 0 amide bonds. The van der Waals surface area contributed by atoms with Crippen molar-refractivity contribution in [2.45, 2.75) is 13.3 Å². The van der Waals surface area contributed by atoms with Crippen LogP contribution < -0.4 is 0 Å². The highest BCUT2D eigenvalue weighted by molar-refractivity contribution is 9.13. The Bertz CT molecular complexity index is 271. The summed E-state index contributed by atoms with van der Waals surface area (Å²) in [6.07, 6.45) is 0.845. The van der Waals surface area contributed by atoms with Gasteiger partial charge in [-0.2, -0.15) is 0 Å². The van der Waals surface area contributed by atoms with Crippen molar-refractivity contribution in [3.63, 3.8) is 0 Å². The molecule has 1 N–H and O–H groups in total. The third kappa shape index (κ3) is 1.76. The van der Waals surface area contributed by atoms with Gasteiger partial charge in [-0.1, -0.05) is 13.0 Å². The molecule has 0 atom stereocenters. The second-order valence-corrected chi connectivity index (χ2v) is 3.87. The summed E-state index contributed by atoms with van der Waals surface area (Å²) >= 11 is 6.58. The summed E-state index contributed by atoms with van der Waals surface area (Å²) in [7, 11) is 0. The van der Waals surface area contributed by atoms with Crippen molar-refractivity contribution >= 4 is 31.9 Å². The van der Waals surface area contributed by atoms with Crippen LogP contribution in [0.25, 0.3) is 0 Å². The average molecular weight is 280 g/mol. The van der Waals surface area contributed by atoms with E-state index in [0.717, 1.165) is 20.9 Å². The first-order chi connectivity index (χ1) is 5.16. The smallest absolute Gasteiger partial charge is 0.134 e. The minimum absolute atomic E-state index is 0.335. The van der Waals surface area contributed by atoms with E-state index in [9.17, 15) is 5.11 Å². The lowest BCUT2D eigenvalue weighted by Gasteiger charge is -2.04. The van der Waals surface area contributed by atoms with E-state index in [1.807, 2.05) is 19.1 Å². The van der Waals surface area contributed by atoms with Crippen molar-refractivity contribution in [1.29, 1.82) is 0 Å². The second kappa shape index (κ2) is 3.59. The van der Waals surface area contributed by atoms with Gasteiger partial charge in [0.25, 0.3) is 0 Å². The molecule has 60 valence electrons. The maximum atomic E-state index is 9.50. The molecule has 0 fully saturated rings. The number of hydrogen-bond donors (Lipinski definition) is 1. The van der Waals surface area contributed by atoms with Crippen LogP contribution in [0.1, 0.15) is 12.5 Å². The number of rotatable bonds is 1. The van der Waals surface area contributed by atoms with Crippen LogP contribution in [0.2, 0.25) is 0 Å². The van der Waals surface area contributed by atoms with E-state index < -0.39 is 0 Å². The van der Waals surface area contributed by atoms with Gasteiger partial charge in [0, 0.05) is 4.47 Å². The molecule has 0 radical (unpaired) electrons. The van der Waals surface area contributed by atoms with Crippen LogP contribution in [0.15, 0.2) is 21.1 Å². The summed E-state index contributed by atoms with van der Waals surface area (Å²) in [5.74, 6) is 0.335. The standard InChI is InChI=1S/C8H8Br2O/c1-2-5-3-4-6(9)7(10)8(5)11/h3-4,11H,2H2,1H3. The molecule has 1 aromatic rings. The molecule has 1 aromatic carbocycles. The minimum Gasteiger partial charge on any atom is -0.506 e. The van der Waals surface area contributed by atoms with Gasteiger partial charge < -0.3 is 5.11 Å². The molecular formula is C8H8Br2O. The largest absolute Gasteiger partial charge is 0.506 e. The Labute approximate surface area is 82.7 Å². The zero-order chi connectivity index (χ0) is 8.43. The van der Waals surface area contributed by atoms with Crippen molar-refractivity contribution in [2.75, 3.05) is 0 Å². The predicted octanol–water partition coefficient (Wildman–Crippen LogP) is 3.48. The number of halogens is 2. The van der Waals surface area contributed by atoms with Gasteiger partial charge in [0.2, 0.25) is 0 Å². The molecule has 0 unspecified atom stereocenters. The van der Waals surface area contributed by atoms with Gasteiger partial charge in [0.1, 0.15) is 5.75 Å². The minimum atomic E-state index is 0.335. The van der Waals surface area contributed by atoms with Gasteiger partial charge in [0.05, 0.1) is 4.47 Å². The summed E-state index contributed by atoms with van der Waals surface area (Å²) in [6, 6.07) is 3.83. The van der Waals surface area contributed by atoms with Crippen LogP contribution in [0.3, 0.4) is 0 Å². The summed E-state index contributed by atoms with van der Waals surface area (Å²) < 4.78 is 1.61. The quantitative estimate of drug-likeness (QED) is 0.835. The number of aryl methyl sites for hydroxylation is 1. The van der Waals surface area contributed by atoms with Crippen molar-refractivity contribution in [1.82, 2.24) is 0 Å². The number of phenols is 1. The third-order valence-corrected chi connectivity index (χ3v) is 3.53. The van der Waals surface area contributed by atoms with E-state index in [2.05, 4.69) is 31.9 Å². The molecule has 1 rings (SSSR count). The maximum Gasteiger partial charge on any atom is 0.134 e. The molecule has 0 aliphatic carbocycles. The highest BCUT2D eigenvalue weighted by atomic mass is 79.9. The molecule has 0 aliphatic rings. The van der Waals surface area contributed by atoms with Gasteiger partial charge in [-0.25, -0.2) is 0 Å². The van der Waals surface area contributed by atoms with Crippen LogP contribution >= 0.6 is 31.9 Å². The number of phenolic OH excluding ortho intramolecular Hbond substituents is 1. The second-order valence-electron chi connectivity index (χ2n) is 2.22. The van der Waals surface area contributed by atoms with E-state index in [1.165, 1.54) is 0 Å². The zero-order valence-electron chi connectivity index (χ0n) is 6.06. The highest BCUT2D eigenvalue weighted by Crippen LogP contribution is 2.34. The van der Waals surface area contributed by atoms with Gasteiger partial charge in [-0.3, -0.25) is 0 Å². The molecule has 0 saturated heterocycles. The molecular weight excluding hydrogens is 272 g/mol. The fraction of sp³-hybridized carbons (Fsp3) is 0.250. The van der Waals surface area contributed by atoms with Gasteiger partial charge in [-0.05, 0) is 49.9 Å². The number of benzene rings is 1. The summed E-state index contributed by atoms with van der Waals surface area (Å²) in [5, 5.41) is 9.50. The van der Waals surface area contributed by atoms with Gasteiger partial charge in [-0.15, -0.1) is 0 Å².